The summed E-state index contributed by atoms with van der Waals surface area (Å²) in [6.07, 6.45) is 3.31. The highest BCUT2D eigenvalue weighted by Gasteiger charge is 2.56. The minimum absolute atomic E-state index is 0.0459. The molecule has 0 radical (unpaired) electrons. The van der Waals surface area contributed by atoms with Gasteiger partial charge in [0.1, 0.15) is 6.54 Å². The molecule has 5 heterocycles. The molecule has 3 aliphatic heterocycles. The number of halogens is 2. The van der Waals surface area contributed by atoms with Crippen LogP contribution in [-0.2, 0) is 19.9 Å². The molecular weight excluding hydrogens is 478 g/mol. The quantitative estimate of drug-likeness (QED) is 0.442. The summed E-state index contributed by atoms with van der Waals surface area (Å²) in [5.74, 6) is -4.55. The lowest BCUT2D eigenvalue weighted by atomic mass is 9.80. The zero-order valence-corrected chi connectivity index (χ0v) is 20.1. The van der Waals surface area contributed by atoms with Gasteiger partial charge in [0.15, 0.2) is 18.2 Å². The number of piperidine rings is 3. The number of aliphatic hydroxyl groups is 1. The van der Waals surface area contributed by atoms with Gasteiger partial charge in [0.05, 0.1) is 13.1 Å². The topological polar surface area (TPSA) is 101 Å². The standard InChI is InChI=1S/C24H28F2N4O4S/c25-23(26)6-2-17(12-23)24(33,18-5-11-35-15-18)21(32)34-19-13-30(9-3-16(19)4-10-30)14-20(31)29-22-27-7-1-8-28-22/h1,5,7-8,11,15-17,19,33H,2-4,6,9-10,12-14H2/p+1/t16?,17?,19?,24-,30?/m1/s1. The number of amides is 1. The smallest absolute Gasteiger partial charge is 0.343 e. The monoisotopic (exact) mass is 507 g/mol. The fourth-order valence-electron chi connectivity index (χ4n) is 5.94. The molecule has 2 unspecified atom stereocenters. The van der Waals surface area contributed by atoms with Gasteiger partial charge in [-0.05, 0) is 29.3 Å². The Hall–Kier alpha value is -2.50. The summed E-state index contributed by atoms with van der Waals surface area (Å²) in [5.41, 5.74) is -1.80. The lowest BCUT2D eigenvalue weighted by Crippen LogP contribution is -2.66. The number of hydrogen-bond acceptors (Lipinski definition) is 7. The maximum Gasteiger partial charge on any atom is 0.343 e. The van der Waals surface area contributed by atoms with Gasteiger partial charge in [-0.2, -0.15) is 11.3 Å². The number of aromatic nitrogens is 2. The number of ether oxygens (including phenoxy) is 1. The van der Waals surface area contributed by atoms with Crippen LogP contribution >= 0.6 is 11.3 Å². The van der Waals surface area contributed by atoms with Crippen molar-refractivity contribution < 1.29 is 32.7 Å². The van der Waals surface area contributed by atoms with Crippen LogP contribution in [0.2, 0.25) is 0 Å². The Morgan fingerprint density at radius 2 is 2.00 bits per heavy atom. The number of nitrogens with one attached hydrogen (secondary N) is 1. The predicted octanol–water partition coefficient (Wildman–Crippen LogP) is 2.95. The first-order valence-corrected chi connectivity index (χ1v) is 12.9. The minimum atomic E-state index is -2.91. The third kappa shape index (κ3) is 4.81. The normalized spacial score (nSPS) is 31.0. The molecule has 1 amide bonds. The molecule has 2 bridgehead atoms. The number of thiophene rings is 1. The molecule has 2 aromatic heterocycles. The number of carbonyl (C=O) groups is 2. The number of carbonyl (C=O) groups excluding carboxylic acids is 2. The van der Waals surface area contributed by atoms with Crippen molar-refractivity contribution in [3.05, 3.63) is 40.8 Å². The zero-order valence-electron chi connectivity index (χ0n) is 19.2. The number of hydrogen-bond donors (Lipinski definition) is 2. The van der Waals surface area contributed by atoms with E-state index in [0.29, 0.717) is 16.6 Å². The van der Waals surface area contributed by atoms with Gasteiger partial charge in [0, 0.05) is 55.5 Å². The van der Waals surface area contributed by atoms with Crippen molar-refractivity contribution in [2.24, 2.45) is 11.8 Å². The van der Waals surface area contributed by atoms with E-state index in [1.807, 2.05) is 0 Å². The molecule has 188 valence electrons. The highest BCUT2D eigenvalue weighted by molar-refractivity contribution is 7.08. The van der Waals surface area contributed by atoms with Crippen LogP contribution in [0.5, 0.6) is 0 Å². The van der Waals surface area contributed by atoms with Gasteiger partial charge in [-0.3, -0.25) is 10.1 Å². The van der Waals surface area contributed by atoms with Gasteiger partial charge < -0.3 is 14.3 Å². The molecule has 4 fully saturated rings. The van der Waals surface area contributed by atoms with Crippen molar-refractivity contribution in [3.8, 4) is 0 Å². The molecule has 8 nitrogen and oxygen atoms in total. The van der Waals surface area contributed by atoms with Gasteiger partial charge in [0.25, 0.3) is 5.91 Å². The Balaban J connectivity index is 1.30. The lowest BCUT2D eigenvalue weighted by Gasteiger charge is -2.51. The van der Waals surface area contributed by atoms with Crippen molar-refractivity contribution in [3.63, 3.8) is 0 Å². The molecule has 6 rings (SSSR count). The zero-order chi connectivity index (χ0) is 24.7. The van der Waals surface area contributed by atoms with Gasteiger partial charge in [-0.25, -0.2) is 23.5 Å². The van der Waals surface area contributed by atoms with Crippen LogP contribution in [0.15, 0.2) is 35.3 Å². The molecule has 4 aliphatic rings. The van der Waals surface area contributed by atoms with Crippen molar-refractivity contribution in [2.45, 2.75) is 49.7 Å². The first kappa shape index (κ1) is 24.2. The number of fused-ring (bicyclic) bond motifs is 3. The van der Waals surface area contributed by atoms with Gasteiger partial charge in [0.2, 0.25) is 11.9 Å². The Morgan fingerprint density at radius 3 is 2.63 bits per heavy atom. The van der Waals surface area contributed by atoms with E-state index in [4.69, 9.17) is 4.74 Å². The Bertz CT molecular complexity index is 1060. The number of alkyl halides is 2. The van der Waals surface area contributed by atoms with Gasteiger partial charge >= 0.3 is 5.97 Å². The SMILES string of the molecule is O=C(C[N+]12CCC(CC1)C(OC(=O)[C@](O)(c1ccsc1)C1CCC(F)(F)C1)C2)Nc1ncccn1. The van der Waals surface area contributed by atoms with E-state index in [-0.39, 0.29) is 37.2 Å². The fourth-order valence-corrected chi connectivity index (χ4v) is 6.65. The van der Waals surface area contributed by atoms with E-state index in [9.17, 15) is 23.5 Å². The van der Waals surface area contributed by atoms with E-state index in [1.165, 1.54) is 11.3 Å². The Labute approximate surface area is 205 Å². The highest BCUT2D eigenvalue weighted by atomic mass is 32.1. The number of rotatable bonds is 7. The molecule has 3 saturated heterocycles. The van der Waals surface area contributed by atoms with Crippen LogP contribution in [0.25, 0.3) is 0 Å². The Kier molecular flexibility index (Phi) is 6.35. The number of nitrogens with zero attached hydrogens (tertiary/aromatic N) is 3. The number of esters is 1. The summed E-state index contributed by atoms with van der Waals surface area (Å²) in [6.45, 7) is 2.21. The minimum Gasteiger partial charge on any atom is -0.454 e. The van der Waals surface area contributed by atoms with Crippen LogP contribution in [0, 0.1) is 11.8 Å². The average molecular weight is 508 g/mol. The Morgan fingerprint density at radius 1 is 1.26 bits per heavy atom. The lowest BCUT2D eigenvalue weighted by molar-refractivity contribution is -0.939. The van der Waals surface area contributed by atoms with E-state index >= 15 is 0 Å². The van der Waals surface area contributed by atoms with Crippen LogP contribution in [0.1, 0.15) is 37.7 Å². The molecule has 2 N–H and O–H groups in total. The summed E-state index contributed by atoms with van der Waals surface area (Å²) in [7, 11) is 0. The second kappa shape index (κ2) is 9.18. The fraction of sp³-hybridized carbons (Fsp3) is 0.583. The second-order valence-electron chi connectivity index (χ2n) is 10.1. The number of quaternary nitrogens is 1. The summed E-state index contributed by atoms with van der Waals surface area (Å²) < 4.78 is 34.4. The van der Waals surface area contributed by atoms with Crippen molar-refractivity contribution in [2.75, 3.05) is 31.5 Å². The van der Waals surface area contributed by atoms with Crippen LogP contribution < -0.4 is 5.32 Å². The van der Waals surface area contributed by atoms with Crippen molar-refractivity contribution >= 4 is 29.2 Å². The third-order valence-electron chi connectivity index (χ3n) is 7.86. The highest BCUT2D eigenvalue weighted by Crippen LogP contribution is 2.49. The van der Waals surface area contributed by atoms with Crippen LogP contribution in [0.3, 0.4) is 0 Å². The molecule has 11 heteroatoms. The molecule has 2 aromatic rings. The van der Waals surface area contributed by atoms with E-state index in [0.717, 1.165) is 25.9 Å². The molecule has 3 atom stereocenters. The molecule has 1 saturated carbocycles. The molecular formula is C24H29F2N4O4S+. The first-order chi connectivity index (χ1) is 16.7. The second-order valence-corrected chi connectivity index (χ2v) is 10.9. The van der Waals surface area contributed by atoms with E-state index in [1.54, 1.807) is 35.3 Å². The molecule has 1 aliphatic carbocycles. The number of anilines is 1. The molecule has 0 aromatic carbocycles. The molecule has 0 spiro atoms. The summed E-state index contributed by atoms with van der Waals surface area (Å²) >= 11 is 1.29. The average Bonchev–Trinajstić information content (AvgIpc) is 3.50. The summed E-state index contributed by atoms with van der Waals surface area (Å²) in [5, 5.41) is 17.6. The maximum absolute atomic E-state index is 14.0. The maximum atomic E-state index is 14.0. The first-order valence-electron chi connectivity index (χ1n) is 12.0. The third-order valence-corrected chi connectivity index (χ3v) is 8.55. The van der Waals surface area contributed by atoms with E-state index in [2.05, 4.69) is 15.3 Å². The summed E-state index contributed by atoms with van der Waals surface area (Å²) in [4.78, 5) is 34.2. The van der Waals surface area contributed by atoms with E-state index < -0.39 is 35.9 Å². The van der Waals surface area contributed by atoms with Crippen molar-refractivity contribution in [1.82, 2.24) is 9.97 Å². The summed E-state index contributed by atoms with van der Waals surface area (Å²) in [6, 6.07) is 3.26. The predicted molar refractivity (Wildman–Crippen MR) is 123 cm³/mol. The van der Waals surface area contributed by atoms with Gasteiger partial charge in [-0.1, -0.05) is 0 Å². The van der Waals surface area contributed by atoms with Crippen LogP contribution in [-0.4, -0.2) is 69.6 Å². The van der Waals surface area contributed by atoms with Crippen LogP contribution in [0.4, 0.5) is 14.7 Å². The largest absolute Gasteiger partial charge is 0.454 e. The van der Waals surface area contributed by atoms with Gasteiger partial charge in [-0.15, -0.1) is 0 Å². The molecule has 35 heavy (non-hydrogen) atoms. The van der Waals surface area contributed by atoms with Crippen molar-refractivity contribution in [1.29, 1.82) is 0 Å².